The minimum absolute atomic E-state index is 0. The molecule has 0 aliphatic carbocycles. The van der Waals surface area contributed by atoms with Gasteiger partial charge in [-0.15, -0.1) is 0 Å². The third-order valence-corrected chi connectivity index (χ3v) is 1.01. The zero-order chi connectivity index (χ0) is 5.21. The van der Waals surface area contributed by atoms with Crippen LogP contribution in [0.25, 0.3) is 0 Å². The molecule has 0 bridgehead atoms. The molecule has 1 nitrogen and oxygen atoms in total. The molecule has 0 fully saturated rings. The first-order valence-corrected chi connectivity index (χ1v) is 5.47. The van der Waals surface area contributed by atoms with Crippen LogP contribution in [0.5, 0.6) is 0 Å². The predicted octanol–water partition coefficient (Wildman–Crippen LogP) is 2.02. The van der Waals surface area contributed by atoms with E-state index >= 15 is 0 Å². The molecule has 0 rings (SSSR count). The fourth-order valence-electron chi connectivity index (χ4n) is 0. The molecule has 7 heavy (non-hydrogen) atoms. The van der Waals surface area contributed by atoms with Gasteiger partial charge < -0.3 is 0 Å². The molecule has 0 saturated heterocycles. The Morgan fingerprint density at radius 1 is 1.29 bits per heavy atom. The van der Waals surface area contributed by atoms with E-state index in [1.807, 2.05) is 19.6 Å². The molecule has 0 heterocycles. The van der Waals surface area contributed by atoms with Crippen molar-refractivity contribution in [1.82, 2.24) is 0 Å². The molecule has 42 valence electrons. The quantitative estimate of drug-likeness (QED) is 0.443. The van der Waals surface area contributed by atoms with Crippen LogP contribution in [0, 0.1) is 11.0 Å². The average molecular weight is 115 g/mol. The van der Waals surface area contributed by atoms with Gasteiger partial charge in [-0.1, -0.05) is 27.1 Å². The first-order chi connectivity index (χ1) is 2.56. The van der Waals surface area contributed by atoms with Crippen LogP contribution in [0.3, 0.4) is 0 Å². The van der Waals surface area contributed by atoms with Crippen molar-refractivity contribution in [1.29, 1.82) is 5.26 Å². The molecular weight excluding hydrogens is 102 g/mol. The highest BCUT2D eigenvalue weighted by Gasteiger charge is 2.09. The topological polar surface area (TPSA) is 23.8 Å². The van der Waals surface area contributed by atoms with Crippen LogP contribution in [0.1, 0.15) is 7.43 Å². The summed E-state index contributed by atoms with van der Waals surface area (Å²) in [5.41, 5.74) is 2.24. The van der Waals surface area contributed by atoms with Gasteiger partial charge in [0.05, 0.1) is 0 Å². The molecule has 2 heteroatoms. The minimum atomic E-state index is -1.33. The Balaban J connectivity index is 0. The smallest absolute Gasteiger partial charge is 0.164 e. The summed E-state index contributed by atoms with van der Waals surface area (Å²) in [5, 5.41) is 8.21. The summed E-state index contributed by atoms with van der Waals surface area (Å²) in [6.45, 7) is 6.06. The van der Waals surface area contributed by atoms with Crippen LogP contribution < -0.4 is 0 Å². The molecule has 0 aliphatic rings. The van der Waals surface area contributed by atoms with E-state index in [0.717, 1.165) is 0 Å². The van der Waals surface area contributed by atoms with E-state index < -0.39 is 8.07 Å². The SMILES string of the molecule is C.C[Si](C)(C)C#N. The third-order valence-electron chi connectivity index (χ3n) is 0.335. The maximum atomic E-state index is 8.21. The minimum Gasteiger partial charge on any atom is -0.207 e. The van der Waals surface area contributed by atoms with Gasteiger partial charge in [-0.05, 0) is 0 Å². The van der Waals surface area contributed by atoms with E-state index in [4.69, 9.17) is 5.26 Å². The Morgan fingerprint density at radius 2 is 1.43 bits per heavy atom. The molecule has 0 unspecified atom stereocenters. The zero-order valence-electron chi connectivity index (χ0n) is 4.45. The lowest BCUT2D eigenvalue weighted by atomic mass is 11.7. The van der Waals surface area contributed by atoms with Crippen molar-refractivity contribution < 1.29 is 0 Å². The maximum absolute atomic E-state index is 8.21. The van der Waals surface area contributed by atoms with Gasteiger partial charge in [0, 0.05) is 5.69 Å². The van der Waals surface area contributed by atoms with Gasteiger partial charge in [-0.25, -0.2) is 5.26 Å². The van der Waals surface area contributed by atoms with Gasteiger partial charge in [0.15, 0.2) is 8.07 Å². The number of nitrogens with zero attached hydrogens (tertiary/aromatic N) is 1. The fourth-order valence-corrected chi connectivity index (χ4v) is 0. The van der Waals surface area contributed by atoms with Crippen molar-refractivity contribution in [3.8, 4) is 5.69 Å². The molecule has 0 aromatic carbocycles. The molecule has 0 aromatic heterocycles. The lowest BCUT2D eigenvalue weighted by Gasteiger charge is -1.96. The van der Waals surface area contributed by atoms with Gasteiger partial charge in [0.1, 0.15) is 0 Å². The molecule has 0 N–H and O–H groups in total. The number of hydrogen-bond donors (Lipinski definition) is 0. The van der Waals surface area contributed by atoms with Gasteiger partial charge in [0.2, 0.25) is 0 Å². The highest BCUT2D eigenvalue weighted by molar-refractivity contribution is 6.83. The van der Waals surface area contributed by atoms with Crippen molar-refractivity contribution in [3.05, 3.63) is 0 Å². The molecule has 0 saturated carbocycles. The van der Waals surface area contributed by atoms with Crippen LogP contribution in [0.2, 0.25) is 19.6 Å². The van der Waals surface area contributed by atoms with E-state index in [1.165, 1.54) is 0 Å². The van der Waals surface area contributed by atoms with Crippen molar-refractivity contribution in [3.63, 3.8) is 0 Å². The van der Waals surface area contributed by atoms with Crippen LogP contribution in [-0.4, -0.2) is 8.07 Å². The highest BCUT2D eigenvalue weighted by atomic mass is 28.3. The van der Waals surface area contributed by atoms with Gasteiger partial charge >= 0.3 is 0 Å². The summed E-state index contributed by atoms with van der Waals surface area (Å²) >= 11 is 0. The van der Waals surface area contributed by atoms with Crippen molar-refractivity contribution >= 4 is 8.07 Å². The molecule has 0 aliphatic heterocycles. The Labute approximate surface area is 47.0 Å². The monoisotopic (exact) mass is 115 g/mol. The van der Waals surface area contributed by atoms with E-state index in [1.54, 1.807) is 0 Å². The van der Waals surface area contributed by atoms with Gasteiger partial charge in [-0.3, -0.25) is 0 Å². The molecular formula is C5H13NSi. The van der Waals surface area contributed by atoms with E-state index in [2.05, 4.69) is 5.69 Å². The average Bonchev–Trinajstić information content (AvgIpc) is 1.35. The third kappa shape index (κ3) is 10.7. The maximum Gasteiger partial charge on any atom is 0.164 e. The molecule has 0 spiro atoms. The normalized spacial score (nSPS) is 8.86. The summed E-state index contributed by atoms with van der Waals surface area (Å²) in [7, 11) is -1.33. The zero-order valence-corrected chi connectivity index (χ0v) is 5.45. The first-order valence-electron chi connectivity index (χ1n) is 1.97. The molecule has 0 radical (unpaired) electrons. The predicted molar refractivity (Wildman–Crippen MR) is 35.7 cm³/mol. The Bertz CT molecular complexity index is 75.1. The van der Waals surface area contributed by atoms with Crippen molar-refractivity contribution in [2.75, 3.05) is 0 Å². The molecule has 0 amide bonds. The van der Waals surface area contributed by atoms with Crippen LogP contribution in [-0.2, 0) is 0 Å². The second-order valence-electron chi connectivity index (χ2n) is 2.36. The Hall–Kier alpha value is -0.293. The summed E-state index contributed by atoms with van der Waals surface area (Å²) < 4.78 is 0. The van der Waals surface area contributed by atoms with Crippen molar-refractivity contribution in [2.45, 2.75) is 27.1 Å². The fraction of sp³-hybridized carbons (Fsp3) is 0.800. The molecule has 0 atom stereocenters. The van der Waals surface area contributed by atoms with Gasteiger partial charge in [0.25, 0.3) is 0 Å². The second-order valence-corrected chi connectivity index (χ2v) is 7.09. The number of hydrogen-bond acceptors (Lipinski definition) is 1. The van der Waals surface area contributed by atoms with Crippen LogP contribution in [0.15, 0.2) is 0 Å². The Kier molecular flexibility index (Phi) is 3.96. The van der Waals surface area contributed by atoms with E-state index in [9.17, 15) is 0 Å². The largest absolute Gasteiger partial charge is 0.207 e. The summed E-state index contributed by atoms with van der Waals surface area (Å²) in [5.74, 6) is 0. The summed E-state index contributed by atoms with van der Waals surface area (Å²) in [4.78, 5) is 0. The number of nitriles is 1. The lowest BCUT2D eigenvalue weighted by molar-refractivity contribution is 1.53. The standard InChI is InChI=1S/C4H9NSi.CH4/c1-6(2,3)4-5;/h1-3H3;1H4. The first kappa shape index (κ1) is 9.86. The van der Waals surface area contributed by atoms with Crippen molar-refractivity contribution in [2.24, 2.45) is 0 Å². The summed E-state index contributed by atoms with van der Waals surface area (Å²) in [6, 6.07) is 0. The highest BCUT2D eigenvalue weighted by Crippen LogP contribution is 1.94. The van der Waals surface area contributed by atoms with E-state index in [-0.39, 0.29) is 7.43 Å². The van der Waals surface area contributed by atoms with Crippen LogP contribution >= 0.6 is 0 Å². The van der Waals surface area contributed by atoms with E-state index in [0.29, 0.717) is 0 Å². The number of rotatable bonds is 0. The molecule has 0 aromatic rings. The lowest BCUT2D eigenvalue weighted by Crippen LogP contribution is -2.15. The van der Waals surface area contributed by atoms with Crippen LogP contribution in [0.4, 0.5) is 0 Å². The second kappa shape index (κ2) is 2.81. The van der Waals surface area contributed by atoms with Gasteiger partial charge in [-0.2, -0.15) is 0 Å². The summed E-state index contributed by atoms with van der Waals surface area (Å²) in [6.07, 6.45) is 0. The Morgan fingerprint density at radius 3 is 1.43 bits per heavy atom.